The first kappa shape index (κ1) is 14.2. The second-order valence-electron chi connectivity index (χ2n) is 5.13. The van der Waals surface area contributed by atoms with Crippen molar-refractivity contribution in [2.75, 3.05) is 0 Å². The molecule has 0 atom stereocenters. The average Bonchev–Trinajstić information content (AvgIpc) is 2.41. The minimum Gasteiger partial charge on any atom is -0.490 e. The van der Waals surface area contributed by atoms with Gasteiger partial charge in [0.25, 0.3) is 0 Å². The summed E-state index contributed by atoms with van der Waals surface area (Å²) in [6.07, 6.45) is 4.99. The molecule has 1 fully saturated rings. The van der Waals surface area contributed by atoms with Crippen molar-refractivity contribution >= 4 is 21.8 Å². The maximum Gasteiger partial charge on any atom is 0.171 e. The Balaban J connectivity index is 2.04. The number of amidine groups is 1. The number of rotatable bonds is 3. The summed E-state index contributed by atoms with van der Waals surface area (Å²) in [5.41, 5.74) is 6.23. The van der Waals surface area contributed by atoms with Gasteiger partial charge in [0, 0.05) is 10.0 Å². The Labute approximate surface area is 121 Å². The van der Waals surface area contributed by atoms with E-state index in [1.54, 1.807) is 6.07 Å². The lowest BCUT2D eigenvalue weighted by molar-refractivity contribution is 0.135. The van der Waals surface area contributed by atoms with E-state index in [1.807, 2.05) is 12.1 Å². The lowest BCUT2D eigenvalue weighted by atomic mass is 9.89. The Morgan fingerprint density at radius 2 is 2.05 bits per heavy atom. The van der Waals surface area contributed by atoms with E-state index in [4.69, 9.17) is 15.7 Å². The van der Waals surface area contributed by atoms with Gasteiger partial charge in [-0.25, -0.2) is 0 Å². The van der Waals surface area contributed by atoms with Crippen molar-refractivity contribution in [1.82, 2.24) is 0 Å². The maximum atomic E-state index is 8.68. The van der Waals surface area contributed by atoms with Crippen molar-refractivity contribution in [2.24, 2.45) is 16.8 Å². The molecular weight excluding hydrogens is 308 g/mol. The van der Waals surface area contributed by atoms with E-state index in [9.17, 15) is 0 Å². The number of nitrogens with zero attached hydrogens (tertiary/aromatic N) is 1. The molecule has 104 valence electrons. The molecule has 1 aromatic rings. The summed E-state index contributed by atoms with van der Waals surface area (Å²) in [6.45, 7) is 2.29. The van der Waals surface area contributed by atoms with Gasteiger partial charge in [0.1, 0.15) is 5.75 Å². The van der Waals surface area contributed by atoms with Crippen LogP contribution in [0.4, 0.5) is 0 Å². The van der Waals surface area contributed by atoms with Crippen LogP contribution in [0.15, 0.2) is 27.8 Å². The van der Waals surface area contributed by atoms with Gasteiger partial charge in [0.2, 0.25) is 0 Å². The van der Waals surface area contributed by atoms with E-state index < -0.39 is 0 Å². The molecule has 1 aliphatic carbocycles. The summed E-state index contributed by atoms with van der Waals surface area (Å²) in [5.74, 6) is 1.72. The maximum absolute atomic E-state index is 8.68. The highest BCUT2D eigenvalue weighted by Crippen LogP contribution is 2.29. The lowest BCUT2D eigenvalue weighted by Gasteiger charge is -2.27. The monoisotopic (exact) mass is 326 g/mol. The lowest BCUT2D eigenvalue weighted by Crippen LogP contribution is -2.23. The van der Waals surface area contributed by atoms with E-state index in [2.05, 4.69) is 28.0 Å². The SMILES string of the molecule is CC1CCC(Oc2ccc(/C(N)=N/O)c(Br)c2)CC1. The van der Waals surface area contributed by atoms with Crippen molar-refractivity contribution in [3.05, 3.63) is 28.2 Å². The van der Waals surface area contributed by atoms with Crippen LogP contribution in [0.25, 0.3) is 0 Å². The fourth-order valence-corrected chi connectivity index (χ4v) is 2.93. The number of hydrogen-bond donors (Lipinski definition) is 2. The van der Waals surface area contributed by atoms with Crippen LogP contribution in [0.1, 0.15) is 38.2 Å². The van der Waals surface area contributed by atoms with E-state index in [1.165, 1.54) is 12.8 Å². The van der Waals surface area contributed by atoms with Crippen molar-refractivity contribution in [3.63, 3.8) is 0 Å². The fraction of sp³-hybridized carbons (Fsp3) is 0.500. The van der Waals surface area contributed by atoms with Gasteiger partial charge in [-0.15, -0.1) is 0 Å². The molecule has 0 aromatic heterocycles. The largest absolute Gasteiger partial charge is 0.490 e. The van der Waals surface area contributed by atoms with Gasteiger partial charge in [-0.3, -0.25) is 0 Å². The molecule has 0 heterocycles. The van der Waals surface area contributed by atoms with Crippen LogP contribution in [0, 0.1) is 5.92 Å². The third-order valence-corrected chi connectivity index (χ3v) is 4.25. The summed E-state index contributed by atoms with van der Waals surface area (Å²) in [4.78, 5) is 0. The van der Waals surface area contributed by atoms with Gasteiger partial charge in [0.15, 0.2) is 5.84 Å². The topological polar surface area (TPSA) is 67.8 Å². The van der Waals surface area contributed by atoms with E-state index in [-0.39, 0.29) is 5.84 Å². The zero-order valence-electron chi connectivity index (χ0n) is 11.0. The van der Waals surface area contributed by atoms with Crippen LogP contribution in [-0.4, -0.2) is 17.1 Å². The molecule has 0 aliphatic heterocycles. The molecule has 3 N–H and O–H groups in total. The average molecular weight is 327 g/mol. The summed E-state index contributed by atoms with van der Waals surface area (Å²) in [6, 6.07) is 5.52. The number of oxime groups is 1. The van der Waals surface area contributed by atoms with Crippen molar-refractivity contribution < 1.29 is 9.94 Å². The van der Waals surface area contributed by atoms with Crippen molar-refractivity contribution in [1.29, 1.82) is 0 Å². The molecule has 0 amide bonds. The van der Waals surface area contributed by atoms with Crippen molar-refractivity contribution in [3.8, 4) is 5.75 Å². The molecule has 19 heavy (non-hydrogen) atoms. The van der Waals surface area contributed by atoms with Gasteiger partial charge in [-0.2, -0.15) is 0 Å². The molecule has 2 rings (SSSR count). The second kappa shape index (κ2) is 6.28. The van der Waals surface area contributed by atoms with Crippen LogP contribution in [0.2, 0.25) is 0 Å². The van der Waals surface area contributed by atoms with Gasteiger partial charge >= 0.3 is 0 Å². The Bertz CT molecular complexity index is 469. The van der Waals surface area contributed by atoms with Crippen LogP contribution in [-0.2, 0) is 0 Å². The Hall–Kier alpha value is -1.23. The zero-order chi connectivity index (χ0) is 13.8. The normalized spacial score (nSPS) is 24.2. The number of ether oxygens (including phenoxy) is 1. The molecule has 0 spiro atoms. The predicted octanol–water partition coefficient (Wildman–Crippen LogP) is 3.50. The number of benzene rings is 1. The molecule has 4 nitrogen and oxygen atoms in total. The van der Waals surface area contributed by atoms with Gasteiger partial charge in [-0.1, -0.05) is 12.1 Å². The minimum absolute atomic E-state index is 0.0879. The van der Waals surface area contributed by atoms with Crippen LogP contribution >= 0.6 is 15.9 Å². The second-order valence-corrected chi connectivity index (χ2v) is 5.98. The molecule has 0 radical (unpaired) electrons. The van der Waals surface area contributed by atoms with E-state index in [0.717, 1.165) is 29.0 Å². The first-order valence-corrected chi connectivity index (χ1v) is 7.33. The van der Waals surface area contributed by atoms with Crippen LogP contribution in [0.5, 0.6) is 5.75 Å². The summed E-state index contributed by atoms with van der Waals surface area (Å²) < 4.78 is 6.75. The molecule has 5 heteroatoms. The molecule has 0 bridgehead atoms. The Morgan fingerprint density at radius 1 is 1.37 bits per heavy atom. The van der Waals surface area contributed by atoms with Crippen molar-refractivity contribution in [2.45, 2.75) is 38.7 Å². The highest BCUT2D eigenvalue weighted by molar-refractivity contribution is 9.10. The third kappa shape index (κ3) is 3.62. The van der Waals surface area contributed by atoms with Gasteiger partial charge in [-0.05, 0) is 65.7 Å². The summed E-state index contributed by atoms with van der Waals surface area (Å²) in [5, 5.41) is 11.7. The number of nitrogens with two attached hydrogens (primary N) is 1. The quantitative estimate of drug-likeness (QED) is 0.386. The standard InChI is InChI=1S/C14H19BrN2O2/c1-9-2-4-10(5-3-9)19-11-6-7-12(13(15)8-11)14(16)17-18/h6-10,18H,2-5H2,1H3,(H2,16,17). The van der Waals surface area contributed by atoms with Crippen LogP contribution in [0.3, 0.4) is 0 Å². The fourth-order valence-electron chi connectivity index (χ4n) is 2.37. The predicted molar refractivity (Wildman–Crippen MR) is 78.7 cm³/mol. The Morgan fingerprint density at radius 3 is 2.63 bits per heavy atom. The minimum atomic E-state index is 0.0879. The highest BCUT2D eigenvalue weighted by atomic mass is 79.9. The van der Waals surface area contributed by atoms with E-state index >= 15 is 0 Å². The molecular formula is C14H19BrN2O2. The first-order chi connectivity index (χ1) is 9.10. The molecule has 1 aromatic carbocycles. The number of hydrogen-bond acceptors (Lipinski definition) is 3. The van der Waals surface area contributed by atoms with Gasteiger partial charge < -0.3 is 15.7 Å². The zero-order valence-corrected chi connectivity index (χ0v) is 12.6. The first-order valence-electron chi connectivity index (χ1n) is 6.54. The van der Waals surface area contributed by atoms with Crippen LogP contribution < -0.4 is 10.5 Å². The molecule has 0 unspecified atom stereocenters. The van der Waals surface area contributed by atoms with Gasteiger partial charge in [0.05, 0.1) is 6.10 Å². The Kier molecular flexibility index (Phi) is 4.69. The molecule has 0 saturated heterocycles. The molecule has 1 aliphatic rings. The van der Waals surface area contributed by atoms with E-state index in [0.29, 0.717) is 11.7 Å². The highest BCUT2D eigenvalue weighted by Gasteiger charge is 2.19. The summed E-state index contributed by atoms with van der Waals surface area (Å²) >= 11 is 3.41. The molecule has 1 saturated carbocycles. The summed E-state index contributed by atoms with van der Waals surface area (Å²) in [7, 11) is 0. The smallest absolute Gasteiger partial charge is 0.171 e. The number of halogens is 1. The third-order valence-electron chi connectivity index (χ3n) is 3.59.